The Kier molecular flexibility index (Phi) is 6.62. The van der Waals surface area contributed by atoms with E-state index in [-0.39, 0.29) is 17.9 Å². The lowest BCUT2D eigenvalue weighted by Crippen LogP contribution is -2.43. The van der Waals surface area contributed by atoms with Crippen molar-refractivity contribution < 1.29 is 14.1 Å². The first kappa shape index (κ1) is 21.1. The van der Waals surface area contributed by atoms with Crippen LogP contribution in [0, 0.1) is 5.92 Å². The molecule has 0 aliphatic carbocycles. The van der Waals surface area contributed by atoms with E-state index < -0.39 is 0 Å². The van der Waals surface area contributed by atoms with Crippen molar-refractivity contribution in [2.24, 2.45) is 5.92 Å². The smallest absolute Gasteiger partial charge is 0.241 e. The molecule has 0 spiro atoms. The highest BCUT2D eigenvalue weighted by Gasteiger charge is 2.27. The monoisotopic (exact) mass is 420 g/mol. The summed E-state index contributed by atoms with van der Waals surface area (Å²) >= 11 is 0. The number of hydrogen-bond donors (Lipinski definition) is 1. The molecule has 1 N–H and O–H groups in total. The number of likely N-dealkylation sites (tertiary alicyclic amines) is 1. The van der Waals surface area contributed by atoms with Crippen molar-refractivity contribution in [2.45, 2.75) is 32.4 Å². The molecule has 2 aromatic carbocycles. The van der Waals surface area contributed by atoms with Crippen molar-refractivity contribution in [3.05, 3.63) is 66.1 Å². The molecule has 0 radical (unpaired) electrons. The van der Waals surface area contributed by atoms with Crippen LogP contribution < -0.4 is 10.1 Å². The van der Waals surface area contributed by atoms with E-state index in [1.807, 2.05) is 61.5 Å². The van der Waals surface area contributed by atoms with E-state index >= 15 is 0 Å². The predicted octanol–water partition coefficient (Wildman–Crippen LogP) is 3.83. The highest BCUT2D eigenvalue weighted by molar-refractivity contribution is 5.79. The van der Waals surface area contributed by atoms with E-state index in [2.05, 4.69) is 20.4 Å². The molecule has 4 rings (SSSR count). The number of rotatable bonds is 7. The molecule has 0 bridgehead atoms. The molecule has 2 atom stereocenters. The van der Waals surface area contributed by atoms with E-state index in [4.69, 9.17) is 9.26 Å². The summed E-state index contributed by atoms with van der Waals surface area (Å²) in [6.45, 7) is 4.17. The van der Waals surface area contributed by atoms with Gasteiger partial charge in [0.15, 0.2) is 0 Å². The van der Waals surface area contributed by atoms with Crippen LogP contribution in [0.5, 0.6) is 5.75 Å². The lowest BCUT2D eigenvalue weighted by atomic mass is 9.96. The third-order valence-corrected chi connectivity index (χ3v) is 5.71. The largest absolute Gasteiger partial charge is 0.497 e. The summed E-state index contributed by atoms with van der Waals surface area (Å²) in [6, 6.07) is 17.6. The summed E-state index contributed by atoms with van der Waals surface area (Å²) in [5.74, 6) is 1.96. The molecular formula is C24H28N4O3. The Labute approximate surface area is 182 Å². The fourth-order valence-electron chi connectivity index (χ4n) is 3.94. The molecule has 1 fully saturated rings. The van der Waals surface area contributed by atoms with Crippen LogP contribution >= 0.6 is 0 Å². The average Bonchev–Trinajstić information content (AvgIpc) is 3.28. The minimum Gasteiger partial charge on any atom is -0.497 e. The normalized spacial score (nSPS) is 17.8. The summed E-state index contributed by atoms with van der Waals surface area (Å²) in [7, 11) is 1.63. The molecule has 31 heavy (non-hydrogen) atoms. The van der Waals surface area contributed by atoms with E-state index in [0.29, 0.717) is 24.8 Å². The fourth-order valence-corrected chi connectivity index (χ4v) is 3.94. The first-order valence-electron chi connectivity index (χ1n) is 10.7. The first-order valence-corrected chi connectivity index (χ1v) is 10.7. The number of aromatic nitrogens is 2. The van der Waals surface area contributed by atoms with Gasteiger partial charge in [-0.25, -0.2) is 0 Å². The molecule has 7 heteroatoms. The number of ether oxygens (including phenoxy) is 1. The Morgan fingerprint density at radius 2 is 2.00 bits per heavy atom. The summed E-state index contributed by atoms with van der Waals surface area (Å²) in [6.07, 6.45) is 1.86. The number of nitrogens with zero attached hydrogens (tertiary/aromatic N) is 3. The fraction of sp³-hybridized carbons (Fsp3) is 0.375. The average molecular weight is 421 g/mol. The molecule has 3 aromatic rings. The topological polar surface area (TPSA) is 80.5 Å². The van der Waals surface area contributed by atoms with Crippen molar-refractivity contribution in [1.82, 2.24) is 20.4 Å². The van der Waals surface area contributed by atoms with Crippen LogP contribution in [0.1, 0.15) is 37.3 Å². The van der Waals surface area contributed by atoms with Gasteiger partial charge in [-0.2, -0.15) is 4.98 Å². The van der Waals surface area contributed by atoms with E-state index in [0.717, 1.165) is 36.3 Å². The maximum absolute atomic E-state index is 12.8. The van der Waals surface area contributed by atoms with Crippen LogP contribution in [0.3, 0.4) is 0 Å². The number of hydrogen-bond acceptors (Lipinski definition) is 6. The molecule has 1 saturated heterocycles. The van der Waals surface area contributed by atoms with Crippen molar-refractivity contribution in [3.8, 4) is 17.1 Å². The number of amides is 1. The van der Waals surface area contributed by atoms with Crippen LogP contribution in [0.15, 0.2) is 59.1 Å². The standard InChI is InChI=1S/C24H28N4O3/c1-17(18-7-4-3-5-8-18)25-24(29)20-9-6-14-28(15-20)16-22-26-23(27-31-22)19-10-12-21(30-2)13-11-19/h3-5,7-8,10-13,17,20H,6,9,14-16H2,1-2H3,(H,25,29). The highest BCUT2D eigenvalue weighted by Crippen LogP contribution is 2.23. The Balaban J connectivity index is 1.33. The number of methoxy groups -OCH3 is 1. The SMILES string of the molecule is COc1ccc(-c2noc(CN3CCCC(C(=O)NC(C)c4ccccc4)C3)n2)cc1. The van der Waals surface area contributed by atoms with Gasteiger partial charge in [-0.05, 0) is 56.1 Å². The molecular weight excluding hydrogens is 392 g/mol. The zero-order valence-corrected chi connectivity index (χ0v) is 18.0. The van der Waals surface area contributed by atoms with Crippen molar-refractivity contribution >= 4 is 5.91 Å². The van der Waals surface area contributed by atoms with Crippen molar-refractivity contribution in [3.63, 3.8) is 0 Å². The van der Waals surface area contributed by atoms with Crippen LogP contribution in [-0.2, 0) is 11.3 Å². The van der Waals surface area contributed by atoms with Gasteiger partial charge in [0, 0.05) is 12.1 Å². The van der Waals surface area contributed by atoms with E-state index in [9.17, 15) is 4.79 Å². The zero-order chi connectivity index (χ0) is 21.6. The van der Waals surface area contributed by atoms with Gasteiger partial charge in [0.2, 0.25) is 17.6 Å². The number of benzene rings is 2. The van der Waals surface area contributed by atoms with Gasteiger partial charge in [-0.1, -0.05) is 35.5 Å². The Morgan fingerprint density at radius 3 is 2.74 bits per heavy atom. The molecule has 2 heterocycles. The van der Waals surface area contributed by atoms with E-state index in [1.54, 1.807) is 7.11 Å². The minimum atomic E-state index is -0.0381. The number of carbonyl (C=O) groups excluding carboxylic acids is 1. The third kappa shape index (κ3) is 5.30. The van der Waals surface area contributed by atoms with Crippen molar-refractivity contribution in [1.29, 1.82) is 0 Å². The second kappa shape index (κ2) is 9.75. The van der Waals surface area contributed by atoms with E-state index in [1.165, 1.54) is 0 Å². The van der Waals surface area contributed by atoms with Gasteiger partial charge in [0.05, 0.1) is 25.6 Å². The lowest BCUT2D eigenvalue weighted by Gasteiger charge is -2.31. The maximum Gasteiger partial charge on any atom is 0.241 e. The zero-order valence-electron chi connectivity index (χ0n) is 18.0. The van der Waals surface area contributed by atoms with Gasteiger partial charge >= 0.3 is 0 Å². The summed E-state index contributed by atoms with van der Waals surface area (Å²) < 4.78 is 10.6. The van der Waals surface area contributed by atoms with Gasteiger partial charge in [-0.3, -0.25) is 9.69 Å². The summed E-state index contributed by atoms with van der Waals surface area (Å²) in [5.41, 5.74) is 1.99. The maximum atomic E-state index is 12.8. The lowest BCUT2D eigenvalue weighted by molar-refractivity contribution is -0.127. The molecule has 1 aromatic heterocycles. The number of piperidine rings is 1. The Morgan fingerprint density at radius 1 is 1.23 bits per heavy atom. The molecule has 162 valence electrons. The molecule has 1 aliphatic heterocycles. The van der Waals surface area contributed by atoms with Gasteiger partial charge in [0.1, 0.15) is 5.75 Å². The van der Waals surface area contributed by atoms with Crippen LogP contribution in [0.25, 0.3) is 11.4 Å². The molecule has 2 unspecified atom stereocenters. The highest BCUT2D eigenvalue weighted by atomic mass is 16.5. The first-order chi connectivity index (χ1) is 15.1. The Hall–Kier alpha value is -3.19. The molecule has 1 aliphatic rings. The van der Waals surface area contributed by atoms with Crippen LogP contribution in [0.4, 0.5) is 0 Å². The van der Waals surface area contributed by atoms with Crippen LogP contribution in [0.2, 0.25) is 0 Å². The van der Waals surface area contributed by atoms with Gasteiger partial charge in [0.25, 0.3) is 0 Å². The third-order valence-electron chi connectivity index (χ3n) is 5.71. The molecule has 1 amide bonds. The Bertz CT molecular complexity index is 988. The van der Waals surface area contributed by atoms with Gasteiger partial charge < -0.3 is 14.6 Å². The second-order valence-corrected chi connectivity index (χ2v) is 7.96. The van der Waals surface area contributed by atoms with Crippen LogP contribution in [-0.4, -0.2) is 41.1 Å². The second-order valence-electron chi connectivity index (χ2n) is 7.96. The minimum absolute atomic E-state index is 0.00734. The number of nitrogens with one attached hydrogen (secondary N) is 1. The molecule has 0 saturated carbocycles. The predicted molar refractivity (Wildman–Crippen MR) is 117 cm³/mol. The number of carbonyl (C=O) groups is 1. The quantitative estimate of drug-likeness (QED) is 0.626. The van der Waals surface area contributed by atoms with Gasteiger partial charge in [-0.15, -0.1) is 0 Å². The summed E-state index contributed by atoms with van der Waals surface area (Å²) in [5, 5.41) is 7.26. The molecule has 7 nitrogen and oxygen atoms in total. The summed E-state index contributed by atoms with van der Waals surface area (Å²) in [4.78, 5) is 19.6. The van der Waals surface area contributed by atoms with Crippen molar-refractivity contribution in [2.75, 3.05) is 20.2 Å².